The molecule has 0 aliphatic heterocycles. The summed E-state index contributed by atoms with van der Waals surface area (Å²) in [5, 5.41) is 18.6. The molecule has 0 aromatic heterocycles. The minimum atomic E-state index is -1.68. The Morgan fingerprint density at radius 2 is 1.39 bits per heavy atom. The van der Waals surface area contributed by atoms with E-state index in [0.29, 0.717) is 6.42 Å². The van der Waals surface area contributed by atoms with E-state index in [1.165, 1.54) is 14.0 Å². The zero-order valence-electron chi connectivity index (χ0n) is 22.2. The highest BCUT2D eigenvalue weighted by atomic mass is 16.5. The number of nitrogens with one attached hydrogen (secondary N) is 3. The number of rotatable bonds is 13. The van der Waals surface area contributed by atoms with Gasteiger partial charge in [0.1, 0.15) is 18.7 Å². The maximum Gasteiger partial charge on any atom is 0.408 e. The van der Waals surface area contributed by atoms with Gasteiger partial charge < -0.3 is 30.5 Å². The Labute approximate surface area is 223 Å². The van der Waals surface area contributed by atoms with Gasteiger partial charge in [-0.1, -0.05) is 74.5 Å². The zero-order chi connectivity index (χ0) is 28.1. The van der Waals surface area contributed by atoms with E-state index in [1.54, 1.807) is 24.3 Å². The van der Waals surface area contributed by atoms with Gasteiger partial charge in [-0.15, -0.1) is 0 Å². The fourth-order valence-electron chi connectivity index (χ4n) is 3.72. The van der Waals surface area contributed by atoms with Crippen molar-refractivity contribution in [2.24, 2.45) is 5.92 Å². The van der Waals surface area contributed by atoms with Gasteiger partial charge in [-0.05, 0) is 36.8 Å². The lowest BCUT2D eigenvalue weighted by Gasteiger charge is -2.27. The molecule has 206 valence electrons. The Kier molecular flexibility index (Phi) is 12.2. The minimum absolute atomic E-state index is 0.0383. The molecule has 4 N–H and O–H groups in total. The van der Waals surface area contributed by atoms with Crippen LogP contribution in [0.4, 0.5) is 4.79 Å². The molecule has 4 atom stereocenters. The van der Waals surface area contributed by atoms with Crippen LogP contribution in [0.15, 0.2) is 60.7 Å². The van der Waals surface area contributed by atoms with Crippen molar-refractivity contribution >= 4 is 23.9 Å². The van der Waals surface area contributed by atoms with Crippen LogP contribution in [0.3, 0.4) is 0 Å². The number of amides is 3. The van der Waals surface area contributed by atoms with E-state index in [2.05, 4.69) is 20.7 Å². The van der Waals surface area contributed by atoms with Crippen LogP contribution in [-0.4, -0.2) is 60.3 Å². The summed E-state index contributed by atoms with van der Waals surface area (Å²) < 4.78 is 9.88. The third-order valence-corrected chi connectivity index (χ3v) is 5.72. The van der Waals surface area contributed by atoms with Crippen LogP contribution in [0.25, 0.3) is 0 Å². The first-order valence-electron chi connectivity index (χ1n) is 12.5. The smallest absolute Gasteiger partial charge is 0.408 e. The van der Waals surface area contributed by atoms with Crippen LogP contribution in [0.2, 0.25) is 0 Å². The van der Waals surface area contributed by atoms with Crippen LogP contribution in [0.5, 0.6) is 0 Å². The third-order valence-electron chi connectivity index (χ3n) is 5.72. The first-order valence-corrected chi connectivity index (χ1v) is 12.5. The highest BCUT2D eigenvalue weighted by Crippen LogP contribution is 2.11. The molecule has 0 spiro atoms. The zero-order valence-corrected chi connectivity index (χ0v) is 22.2. The maximum absolute atomic E-state index is 13.3. The molecule has 2 aromatic carbocycles. The molecule has 0 aliphatic rings. The van der Waals surface area contributed by atoms with Crippen LogP contribution < -0.4 is 16.0 Å². The first-order chi connectivity index (χ1) is 18.1. The summed E-state index contributed by atoms with van der Waals surface area (Å²) in [6.45, 7) is 5.26. The predicted octanol–water partition coefficient (Wildman–Crippen LogP) is 2.09. The van der Waals surface area contributed by atoms with Gasteiger partial charge in [-0.3, -0.25) is 9.59 Å². The van der Waals surface area contributed by atoms with Gasteiger partial charge in [-0.25, -0.2) is 9.59 Å². The summed E-state index contributed by atoms with van der Waals surface area (Å²) in [6, 6.07) is 15.1. The molecule has 2 aromatic rings. The van der Waals surface area contributed by atoms with Crippen LogP contribution >= 0.6 is 0 Å². The average molecular weight is 528 g/mol. The Bertz CT molecular complexity index is 1050. The number of esters is 1. The van der Waals surface area contributed by atoms with Gasteiger partial charge in [0.2, 0.25) is 5.91 Å². The number of aliphatic hydroxyl groups is 1. The SMILES string of the molecule is COC(=O)[C@H](C)NC(=O)C(O)[C@H](Cc1ccccc1)NC(=O)[C@H](CC(C)C)NC(=O)OCc1ccccc1. The summed E-state index contributed by atoms with van der Waals surface area (Å²) in [6.07, 6.45) is -2.03. The maximum atomic E-state index is 13.3. The first kappa shape index (κ1) is 30.3. The Balaban J connectivity index is 2.14. The number of aliphatic hydroxyl groups excluding tert-OH is 1. The molecule has 0 radical (unpaired) electrons. The van der Waals surface area contributed by atoms with Gasteiger partial charge in [0.15, 0.2) is 6.10 Å². The normalized spacial score (nSPS) is 13.9. The van der Waals surface area contributed by atoms with E-state index in [9.17, 15) is 24.3 Å². The standard InChI is InChI=1S/C28H37N3O7/c1-18(2)15-23(31-28(36)38-17-21-13-9-6-10-14-21)25(33)30-22(16-20-11-7-5-8-12-20)24(32)26(34)29-19(3)27(35)37-4/h5-14,18-19,22-24,32H,15-17H2,1-4H3,(H,29,34)(H,30,33)(H,31,36)/t19-,22-,23-,24?/m0/s1. The lowest BCUT2D eigenvalue weighted by molar-refractivity contribution is -0.146. The molecular weight excluding hydrogens is 490 g/mol. The van der Waals surface area contributed by atoms with Crippen molar-refractivity contribution in [3.05, 3.63) is 71.8 Å². The van der Waals surface area contributed by atoms with E-state index in [4.69, 9.17) is 4.74 Å². The molecule has 10 nitrogen and oxygen atoms in total. The highest BCUT2D eigenvalue weighted by molar-refractivity contribution is 5.89. The van der Waals surface area contributed by atoms with Crippen molar-refractivity contribution in [2.75, 3.05) is 7.11 Å². The van der Waals surface area contributed by atoms with Crippen molar-refractivity contribution in [1.82, 2.24) is 16.0 Å². The number of alkyl carbamates (subject to hydrolysis) is 1. The van der Waals surface area contributed by atoms with E-state index < -0.39 is 48.1 Å². The molecule has 10 heteroatoms. The van der Waals surface area contributed by atoms with Gasteiger partial charge in [-0.2, -0.15) is 0 Å². The Morgan fingerprint density at radius 1 is 0.816 bits per heavy atom. The molecule has 2 rings (SSSR count). The molecule has 0 bridgehead atoms. The van der Waals surface area contributed by atoms with E-state index in [-0.39, 0.29) is 18.9 Å². The molecule has 3 amide bonds. The van der Waals surface area contributed by atoms with Crippen molar-refractivity contribution in [2.45, 2.75) is 64.4 Å². The minimum Gasteiger partial charge on any atom is -0.467 e. The fourth-order valence-corrected chi connectivity index (χ4v) is 3.72. The molecule has 0 saturated heterocycles. The number of carbonyl (C=O) groups excluding carboxylic acids is 4. The largest absolute Gasteiger partial charge is 0.467 e. The molecule has 38 heavy (non-hydrogen) atoms. The van der Waals surface area contributed by atoms with Gasteiger partial charge in [0.25, 0.3) is 5.91 Å². The fraction of sp³-hybridized carbons (Fsp3) is 0.429. The summed E-state index contributed by atoms with van der Waals surface area (Å²) in [5.41, 5.74) is 1.56. The van der Waals surface area contributed by atoms with Gasteiger partial charge in [0, 0.05) is 0 Å². The second-order valence-corrected chi connectivity index (χ2v) is 9.39. The number of ether oxygens (including phenoxy) is 2. The summed E-state index contributed by atoms with van der Waals surface area (Å²) in [7, 11) is 1.19. The lowest BCUT2D eigenvalue weighted by Crippen LogP contribution is -2.57. The van der Waals surface area contributed by atoms with Crippen molar-refractivity contribution in [3.8, 4) is 0 Å². The number of carbonyl (C=O) groups is 4. The Hall–Kier alpha value is -3.92. The average Bonchev–Trinajstić information content (AvgIpc) is 2.91. The van der Waals surface area contributed by atoms with Crippen molar-refractivity contribution in [1.29, 1.82) is 0 Å². The Morgan fingerprint density at radius 3 is 1.95 bits per heavy atom. The van der Waals surface area contributed by atoms with Gasteiger partial charge >= 0.3 is 12.1 Å². The number of methoxy groups -OCH3 is 1. The molecule has 0 aliphatic carbocycles. The third kappa shape index (κ3) is 10.2. The van der Waals surface area contributed by atoms with Crippen molar-refractivity contribution < 1.29 is 33.8 Å². The van der Waals surface area contributed by atoms with Crippen molar-refractivity contribution in [3.63, 3.8) is 0 Å². The lowest BCUT2D eigenvalue weighted by atomic mass is 9.98. The number of hydrogen-bond acceptors (Lipinski definition) is 7. The molecule has 0 heterocycles. The summed E-state index contributed by atoms with van der Waals surface area (Å²) in [5.74, 6) is -2.06. The van der Waals surface area contributed by atoms with E-state index in [0.717, 1.165) is 11.1 Å². The monoisotopic (exact) mass is 527 g/mol. The summed E-state index contributed by atoms with van der Waals surface area (Å²) in [4.78, 5) is 50.2. The van der Waals surface area contributed by atoms with Crippen LogP contribution in [0, 0.1) is 5.92 Å². The highest BCUT2D eigenvalue weighted by Gasteiger charge is 2.32. The van der Waals surface area contributed by atoms with Crippen LogP contribution in [-0.2, 0) is 36.9 Å². The molecule has 1 unspecified atom stereocenters. The topological polar surface area (TPSA) is 143 Å². The predicted molar refractivity (Wildman–Crippen MR) is 141 cm³/mol. The quantitative estimate of drug-likeness (QED) is 0.292. The van der Waals surface area contributed by atoms with E-state index >= 15 is 0 Å². The van der Waals surface area contributed by atoms with E-state index in [1.807, 2.05) is 50.2 Å². The second-order valence-electron chi connectivity index (χ2n) is 9.39. The van der Waals surface area contributed by atoms with Gasteiger partial charge in [0.05, 0.1) is 13.2 Å². The summed E-state index contributed by atoms with van der Waals surface area (Å²) >= 11 is 0. The van der Waals surface area contributed by atoms with Crippen LogP contribution in [0.1, 0.15) is 38.3 Å². The molecular formula is C28H37N3O7. The number of hydrogen-bond donors (Lipinski definition) is 4. The second kappa shape index (κ2) is 15.4. The number of benzene rings is 2. The molecule has 0 saturated carbocycles. The molecule has 0 fully saturated rings.